The van der Waals surface area contributed by atoms with E-state index in [-0.39, 0.29) is 0 Å². The third-order valence-electron chi connectivity index (χ3n) is 4.13. The van der Waals surface area contributed by atoms with Crippen LogP contribution in [0.2, 0.25) is 0 Å². The Hall–Kier alpha value is -1.13. The second-order valence-electron chi connectivity index (χ2n) is 5.00. The topological polar surface area (TPSA) is 32.7 Å². The number of nitrogens with zero attached hydrogens (tertiary/aromatic N) is 1. The number of hydrogen-bond donors (Lipinski definition) is 1. The lowest BCUT2D eigenvalue weighted by Crippen LogP contribution is -2.48. The summed E-state index contributed by atoms with van der Waals surface area (Å²) in [6.07, 6.45) is 0.607. The molecule has 0 fully saturated rings. The summed E-state index contributed by atoms with van der Waals surface area (Å²) in [5.41, 5.74) is -0.145. The lowest BCUT2D eigenvalue weighted by atomic mass is 9.81. The molecule has 108 valence electrons. The highest BCUT2D eigenvalue weighted by Crippen LogP contribution is 2.37. The van der Waals surface area contributed by atoms with Gasteiger partial charge in [-0.1, -0.05) is 13.8 Å². The molecule has 0 saturated carbocycles. The highest BCUT2D eigenvalue weighted by Gasteiger charge is 2.38. The summed E-state index contributed by atoms with van der Waals surface area (Å²) in [4.78, 5) is 1.97. The molecule has 0 amide bonds. The molecule has 0 bridgehead atoms. The number of ether oxygens (including phenoxy) is 1. The average Bonchev–Trinajstić information content (AvgIpc) is 2.39. The van der Waals surface area contributed by atoms with E-state index in [0.29, 0.717) is 11.3 Å². The minimum Gasteiger partial charge on any atom is -0.497 e. The van der Waals surface area contributed by atoms with E-state index < -0.39 is 17.5 Å². The van der Waals surface area contributed by atoms with Crippen LogP contribution >= 0.6 is 0 Å². The SMILES string of the molecule is CCC(CC)(C(O)c1ccc(OC)cc1F)N(C)C. The van der Waals surface area contributed by atoms with Crippen LogP contribution in [-0.4, -0.2) is 36.8 Å². The van der Waals surface area contributed by atoms with Crippen LogP contribution in [0.4, 0.5) is 4.39 Å². The number of likely N-dealkylation sites (N-methyl/N-ethyl adjacent to an activating group) is 1. The quantitative estimate of drug-likeness (QED) is 0.861. The molecule has 1 atom stereocenters. The summed E-state index contributed by atoms with van der Waals surface area (Å²) in [6, 6.07) is 4.58. The summed E-state index contributed by atoms with van der Waals surface area (Å²) in [5.74, 6) is 0.0249. The van der Waals surface area contributed by atoms with Gasteiger partial charge in [0.15, 0.2) is 0 Å². The Kier molecular flexibility index (Phi) is 5.32. The number of benzene rings is 1. The fraction of sp³-hybridized carbons (Fsp3) is 0.600. The lowest BCUT2D eigenvalue weighted by Gasteiger charge is -2.42. The second-order valence-corrected chi connectivity index (χ2v) is 5.00. The van der Waals surface area contributed by atoms with Gasteiger partial charge in [0.2, 0.25) is 0 Å². The van der Waals surface area contributed by atoms with E-state index in [0.717, 1.165) is 12.8 Å². The van der Waals surface area contributed by atoms with Crippen LogP contribution in [0.25, 0.3) is 0 Å². The smallest absolute Gasteiger partial charge is 0.132 e. The fourth-order valence-electron chi connectivity index (χ4n) is 2.66. The lowest BCUT2D eigenvalue weighted by molar-refractivity contribution is -0.0168. The van der Waals surface area contributed by atoms with Crippen molar-refractivity contribution in [2.75, 3.05) is 21.2 Å². The molecule has 1 aromatic carbocycles. The van der Waals surface area contributed by atoms with Gasteiger partial charge in [-0.25, -0.2) is 4.39 Å². The van der Waals surface area contributed by atoms with E-state index in [4.69, 9.17) is 4.74 Å². The predicted molar refractivity (Wildman–Crippen MR) is 74.9 cm³/mol. The van der Waals surface area contributed by atoms with Crippen LogP contribution in [0.5, 0.6) is 5.75 Å². The summed E-state index contributed by atoms with van der Waals surface area (Å²) >= 11 is 0. The van der Waals surface area contributed by atoms with Gasteiger partial charge in [0.1, 0.15) is 17.7 Å². The van der Waals surface area contributed by atoms with Crippen molar-refractivity contribution in [3.05, 3.63) is 29.6 Å². The van der Waals surface area contributed by atoms with Gasteiger partial charge in [0.05, 0.1) is 12.6 Å². The molecular formula is C15H24FNO2. The van der Waals surface area contributed by atoms with Gasteiger partial charge in [-0.2, -0.15) is 0 Å². The van der Waals surface area contributed by atoms with Crippen LogP contribution in [0, 0.1) is 5.82 Å². The Labute approximate surface area is 115 Å². The number of aliphatic hydroxyl groups is 1. The van der Waals surface area contributed by atoms with Crippen molar-refractivity contribution < 1.29 is 14.2 Å². The highest BCUT2D eigenvalue weighted by molar-refractivity contribution is 5.31. The molecule has 0 saturated heterocycles. The maximum Gasteiger partial charge on any atom is 0.132 e. The Bertz CT molecular complexity index is 417. The molecule has 0 heterocycles. The van der Waals surface area contributed by atoms with Crippen LogP contribution in [-0.2, 0) is 0 Å². The van der Waals surface area contributed by atoms with E-state index in [1.807, 2.05) is 32.8 Å². The van der Waals surface area contributed by atoms with Crippen LogP contribution in [0.15, 0.2) is 18.2 Å². The normalized spacial score (nSPS) is 13.7. The molecule has 0 aliphatic rings. The molecule has 0 aliphatic carbocycles. The van der Waals surface area contributed by atoms with E-state index >= 15 is 0 Å². The minimum absolute atomic E-state index is 0.318. The van der Waals surface area contributed by atoms with E-state index in [2.05, 4.69) is 0 Å². The molecule has 1 aromatic rings. The van der Waals surface area contributed by atoms with E-state index in [9.17, 15) is 9.50 Å². The zero-order valence-electron chi connectivity index (χ0n) is 12.4. The summed E-state index contributed by atoms with van der Waals surface area (Å²) in [6.45, 7) is 4.02. The number of halogens is 1. The van der Waals surface area contributed by atoms with Gasteiger partial charge < -0.3 is 14.7 Å². The van der Waals surface area contributed by atoms with Crippen molar-refractivity contribution in [2.45, 2.75) is 38.3 Å². The van der Waals surface area contributed by atoms with Crippen molar-refractivity contribution in [2.24, 2.45) is 0 Å². The van der Waals surface area contributed by atoms with Gasteiger partial charge in [-0.15, -0.1) is 0 Å². The summed E-state index contributed by atoms with van der Waals surface area (Å²) in [7, 11) is 5.32. The third-order valence-corrected chi connectivity index (χ3v) is 4.13. The van der Waals surface area contributed by atoms with Gasteiger partial charge in [-0.05, 0) is 39.1 Å². The zero-order chi connectivity index (χ0) is 14.6. The number of methoxy groups -OCH3 is 1. The van der Waals surface area contributed by atoms with Crippen molar-refractivity contribution in [3.63, 3.8) is 0 Å². The molecule has 0 spiro atoms. The van der Waals surface area contributed by atoms with Crippen LogP contribution in [0.3, 0.4) is 0 Å². The van der Waals surface area contributed by atoms with E-state index in [1.165, 1.54) is 13.2 Å². The maximum atomic E-state index is 14.1. The summed E-state index contributed by atoms with van der Waals surface area (Å²) in [5, 5.41) is 10.6. The Morgan fingerprint density at radius 3 is 2.26 bits per heavy atom. The first-order valence-electron chi connectivity index (χ1n) is 6.61. The molecule has 4 heteroatoms. The number of hydrogen-bond acceptors (Lipinski definition) is 3. The molecular weight excluding hydrogens is 245 g/mol. The fourth-order valence-corrected chi connectivity index (χ4v) is 2.66. The van der Waals surface area contributed by atoms with Gasteiger partial charge in [0, 0.05) is 11.6 Å². The Balaban J connectivity index is 3.20. The standard InChI is InChI=1S/C15H24FNO2/c1-6-15(7-2,17(3)4)14(18)12-9-8-11(19-5)10-13(12)16/h8-10,14,18H,6-7H2,1-5H3. The van der Waals surface area contributed by atoms with E-state index in [1.54, 1.807) is 12.1 Å². The van der Waals surface area contributed by atoms with Gasteiger partial charge in [0.25, 0.3) is 0 Å². The molecule has 1 rings (SSSR count). The zero-order valence-corrected chi connectivity index (χ0v) is 12.4. The largest absolute Gasteiger partial charge is 0.497 e. The third kappa shape index (κ3) is 2.90. The molecule has 0 radical (unpaired) electrons. The Morgan fingerprint density at radius 1 is 1.32 bits per heavy atom. The molecule has 0 aromatic heterocycles. The summed E-state index contributed by atoms with van der Waals surface area (Å²) < 4.78 is 19.1. The monoisotopic (exact) mass is 269 g/mol. The molecule has 19 heavy (non-hydrogen) atoms. The molecule has 1 unspecified atom stereocenters. The van der Waals surface area contributed by atoms with Crippen molar-refractivity contribution in [1.29, 1.82) is 0 Å². The minimum atomic E-state index is -0.872. The first-order valence-corrected chi connectivity index (χ1v) is 6.61. The molecule has 0 aliphatic heterocycles. The van der Waals surface area contributed by atoms with Crippen molar-refractivity contribution in [3.8, 4) is 5.75 Å². The van der Waals surface area contributed by atoms with Crippen LogP contribution < -0.4 is 4.74 Å². The maximum absolute atomic E-state index is 14.1. The predicted octanol–water partition coefficient (Wildman–Crippen LogP) is 2.99. The first kappa shape index (κ1) is 15.9. The van der Waals surface area contributed by atoms with Gasteiger partial charge >= 0.3 is 0 Å². The number of rotatable bonds is 6. The second kappa shape index (κ2) is 6.35. The van der Waals surface area contributed by atoms with Gasteiger partial charge in [-0.3, -0.25) is 0 Å². The van der Waals surface area contributed by atoms with Crippen LogP contribution in [0.1, 0.15) is 38.4 Å². The van der Waals surface area contributed by atoms with Crippen molar-refractivity contribution in [1.82, 2.24) is 4.90 Å². The van der Waals surface area contributed by atoms with Crippen molar-refractivity contribution >= 4 is 0 Å². The first-order chi connectivity index (χ1) is 8.92. The molecule has 1 N–H and O–H groups in total. The highest BCUT2D eigenvalue weighted by atomic mass is 19.1. The average molecular weight is 269 g/mol. The Morgan fingerprint density at radius 2 is 1.89 bits per heavy atom. The molecule has 3 nitrogen and oxygen atoms in total. The number of aliphatic hydroxyl groups excluding tert-OH is 1.